The van der Waals surface area contributed by atoms with E-state index in [9.17, 15) is 4.79 Å². The maximum Gasteiger partial charge on any atom is 0.243 e. The summed E-state index contributed by atoms with van der Waals surface area (Å²) in [6.45, 7) is 3.86. The first-order chi connectivity index (χ1) is 10.1. The van der Waals surface area contributed by atoms with Gasteiger partial charge in [0.15, 0.2) is 0 Å². The van der Waals surface area contributed by atoms with Crippen LogP contribution in [0.25, 0.3) is 0 Å². The van der Waals surface area contributed by atoms with E-state index in [0.29, 0.717) is 0 Å². The van der Waals surface area contributed by atoms with E-state index >= 15 is 0 Å². The Kier molecular flexibility index (Phi) is 3.89. The van der Waals surface area contributed by atoms with Crippen molar-refractivity contribution in [2.75, 3.05) is 20.2 Å². The largest absolute Gasteiger partial charge is 0.497 e. The van der Waals surface area contributed by atoms with Crippen molar-refractivity contribution in [3.05, 3.63) is 29.8 Å². The van der Waals surface area contributed by atoms with Crippen LogP contribution in [0, 0.1) is 0 Å². The highest BCUT2D eigenvalue weighted by Gasteiger charge is 2.42. The van der Waals surface area contributed by atoms with Gasteiger partial charge in [0.25, 0.3) is 0 Å². The zero-order valence-corrected chi connectivity index (χ0v) is 12.9. The molecule has 1 aromatic carbocycles. The van der Waals surface area contributed by atoms with Gasteiger partial charge in [-0.15, -0.1) is 0 Å². The number of rotatable bonds is 3. The third-order valence-corrected chi connectivity index (χ3v) is 4.85. The number of nitrogens with one attached hydrogen (secondary N) is 1. The topological polar surface area (TPSA) is 41.6 Å². The van der Waals surface area contributed by atoms with Crippen molar-refractivity contribution in [2.45, 2.75) is 44.2 Å². The van der Waals surface area contributed by atoms with E-state index in [0.717, 1.165) is 44.5 Å². The summed E-state index contributed by atoms with van der Waals surface area (Å²) in [5.74, 6) is 1.12. The highest BCUT2D eigenvalue weighted by molar-refractivity contribution is 5.87. The molecule has 2 aliphatic rings. The molecule has 1 aromatic rings. The summed E-state index contributed by atoms with van der Waals surface area (Å²) in [4.78, 5) is 15.0. The van der Waals surface area contributed by atoms with Crippen LogP contribution in [0.5, 0.6) is 5.75 Å². The minimum atomic E-state index is -0.366. The predicted octanol–water partition coefficient (Wildman–Crippen LogP) is 2.50. The number of hydrogen-bond acceptors (Lipinski definition) is 3. The molecule has 1 N–H and O–H groups in total. The Bertz CT molecular complexity index is 506. The van der Waals surface area contributed by atoms with Gasteiger partial charge in [-0.3, -0.25) is 4.79 Å². The van der Waals surface area contributed by atoms with Gasteiger partial charge >= 0.3 is 0 Å². The first-order valence-electron chi connectivity index (χ1n) is 7.84. The van der Waals surface area contributed by atoms with Crippen molar-refractivity contribution in [1.82, 2.24) is 10.2 Å². The van der Waals surface area contributed by atoms with Crippen LogP contribution in [-0.2, 0) is 4.79 Å². The fraction of sp³-hybridized carbons (Fsp3) is 0.588. The van der Waals surface area contributed by atoms with Crippen molar-refractivity contribution >= 4 is 5.91 Å². The van der Waals surface area contributed by atoms with Crippen LogP contribution in [0.1, 0.15) is 44.2 Å². The van der Waals surface area contributed by atoms with Crippen LogP contribution in [0.2, 0.25) is 0 Å². The van der Waals surface area contributed by atoms with E-state index in [1.807, 2.05) is 19.1 Å². The van der Waals surface area contributed by atoms with E-state index in [4.69, 9.17) is 4.74 Å². The fourth-order valence-electron chi connectivity index (χ4n) is 3.58. The third-order valence-electron chi connectivity index (χ3n) is 4.85. The zero-order chi connectivity index (χ0) is 14.9. The van der Waals surface area contributed by atoms with Crippen molar-refractivity contribution in [1.29, 1.82) is 0 Å². The maximum absolute atomic E-state index is 12.9. The maximum atomic E-state index is 12.9. The molecule has 2 saturated heterocycles. The molecule has 4 heteroatoms. The summed E-state index contributed by atoms with van der Waals surface area (Å²) in [6.07, 6.45) is 4.16. The van der Waals surface area contributed by atoms with Gasteiger partial charge in [0.2, 0.25) is 5.91 Å². The molecule has 2 atom stereocenters. The standard InChI is InChI=1S/C17H24N2O2/c1-17(10-4-11-18-17)16(20)19-12-3-5-15(19)13-6-8-14(21-2)9-7-13/h6-9,15,18H,3-5,10-12H2,1-2H3. The third kappa shape index (κ3) is 2.64. The molecule has 2 aliphatic heterocycles. The molecule has 4 nitrogen and oxygen atoms in total. The average Bonchev–Trinajstić information content (AvgIpc) is 3.16. The number of amides is 1. The van der Waals surface area contributed by atoms with Gasteiger partial charge in [-0.25, -0.2) is 0 Å². The second-order valence-electron chi connectivity index (χ2n) is 6.29. The Balaban J connectivity index is 1.79. The zero-order valence-electron chi connectivity index (χ0n) is 12.9. The number of carbonyl (C=O) groups is 1. The van der Waals surface area contributed by atoms with Crippen molar-refractivity contribution in [2.24, 2.45) is 0 Å². The van der Waals surface area contributed by atoms with Crippen LogP contribution in [0.4, 0.5) is 0 Å². The molecule has 2 heterocycles. The fourth-order valence-corrected chi connectivity index (χ4v) is 3.58. The predicted molar refractivity (Wildman–Crippen MR) is 82.3 cm³/mol. The highest BCUT2D eigenvalue weighted by Crippen LogP contribution is 2.35. The molecule has 114 valence electrons. The first kappa shape index (κ1) is 14.4. The highest BCUT2D eigenvalue weighted by atomic mass is 16.5. The molecule has 0 spiro atoms. The number of nitrogens with zero attached hydrogens (tertiary/aromatic N) is 1. The van der Waals surface area contributed by atoms with Gasteiger partial charge in [0.1, 0.15) is 5.75 Å². The molecule has 0 bridgehead atoms. The number of methoxy groups -OCH3 is 1. The summed E-state index contributed by atoms with van der Waals surface area (Å²) in [7, 11) is 1.67. The monoisotopic (exact) mass is 288 g/mol. The summed E-state index contributed by atoms with van der Waals surface area (Å²) >= 11 is 0. The minimum Gasteiger partial charge on any atom is -0.497 e. The summed E-state index contributed by atoms with van der Waals surface area (Å²) in [6, 6.07) is 8.33. The lowest BCUT2D eigenvalue weighted by Crippen LogP contribution is -2.52. The number of benzene rings is 1. The number of likely N-dealkylation sites (tertiary alicyclic amines) is 1. The van der Waals surface area contributed by atoms with Crippen LogP contribution in [0.3, 0.4) is 0 Å². The number of carbonyl (C=O) groups excluding carboxylic acids is 1. The second kappa shape index (κ2) is 5.68. The van der Waals surface area contributed by atoms with E-state index in [1.54, 1.807) is 7.11 Å². The summed E-state index contributed by atoms with van der Waals surface area (Å²) < 4.78 is 5.21. The molecular weight excluding hydrogens is 264 g/mol. The van der Waals surface area contributed by atoms with Crippen LogP contribution in [-0.4, -0.2) is 36.5 Å². The lowest BCUT2D eigenvalue weighted by Gasteiger charge is -2.33. The van der Waals surface area contributed by atoms with E-state index in [2.05, 4.69) is 22.3 Å². The SMILES string of the molecule is COc1ccc(C2CCCN2C(=O)C2(C)CCCN2)cc1. The molecule has 0 aromatic heterocycles. The van der Waals surface area contributed by atoms with Crippen molar-refractivity contribution < 1.29 is 9.53 Å². The summed E-state index contributed by atoms with van der Waals surface area (Å²) in [5, 5.41) is 3.39. The number of hydrogen-bond donors (Lipinski definition) is 1. The van der Waals surface area contributed by atoms with Gasteiger partial charge in [0, 0.05) is 6.54 Å². The Morgan fingerprint density at radius 2 is 2.10 bits per heavy atom. The lowest BCUT2D eigenvalue weighted by atomic mass is 9.96. The Morgan fingerprint density at radius 1 is 1.33 bits per heavy atom. The van der Waals surface area contributed by atoms with Crippen LogP contribution in [0.15, 0.2) is 24.3 Å². The lowest BCUT2D eigenvalue weighted by molar-refractivity contribution is -0.138. The molecular formula is C17H24N2O2. The molecule has 3 rings (SSSR count). The van der Waals surface area contributed by atoms with Gasteiger partial charge in [-0.05, 0) is 56.8 Å². The van der Waals surface area contributed by atoms with E-state index in [-0.39, 0.29) is 17.5 Å². The quantitative estimate of drug-likeness (QED) is 0.929. The molecule has 21 heavy (non-hydrogen) atoms. The molecule has 2 fully saturated rings. The Labute approximate surface area is 126 Å². The molecule has 0 radical (unpaired) electrons. The second-order valence-corrected chi connectivity index (χ2v) is 6.29. The van der Waals surface area contributed by atoms with Gasteiger partial charge in [-0.1, -0.05) is 12.1 Å². The Hall–Kier alpha value is -1.55. The molecule has 2 unspecified atom stereocenters. The normalized spacial score (nSPS) is 28.9. The van der Waals surface area contributed by atoms with Gasteiger partial charge < -0.3 is 15.0 Å². The minimum absolute atomic E-state index is 0.211. The first-order valence-corrected chi connectivity index (χ1v) is 7.84. The summed E-state index contributed by atoms with van der Waals surface area (Å²) in [5.41, 5.74) is 0.845. The van der Waals surface area contributed by atoms with E-state index < -0.39 is 0 Å². The smallest absolute Gasteiger partial charge is 0.243 e. The average molecular weight is 288 g/mol. The molecule has 0 aliphatic carbocycles. The van der Waals surface area contributed by atoms with Gasteiger partial charge in [-0.2, -0.15) is 0 Å². The van der Waals surface area contributed by atoms with Crippen LogP contribution >= 0.6 is 0 Å². The number of ether oxygens (including phenoxy) is 1. The van der Waals surface area contributed by atoms with E-state index in [1.165, 1.54) is 5.56 Å². The Morgan fingerprint density at radius 3 is 2.71 bits per heavy atom. The van der Waals surface area contributed by atoms with Crippen LogP contribution < -0.4 is 10.1 Å². The molecule has 0 saturated carbocycles. The van der Waals surface area contributed by atoms with Gasteiger partial charge in [0.05, 0.1) is 18.7 Å². The van der Waals surface area contributed by atoms with Crippen molar-refractivity contribution in [3.8, 4) is 5.75 Å². The molecule has 1 amide bonds. The van der Waals surface area contributed by atoms with Crippen molar-refractivity contribution in [3.63, 3.8) is 0 Å².